The van der Waals surface area contributed by atoms with Crippen molar-refractivity contribution in [3.8, 4) is 5.75 Å². The highest BCUT2D eigenvalue weighted by Crippen LogP contribution is 2.18. The van der Waals surface area contributed by atoms with Crippen LogP contribution in [0.15, 0.2) is 29.3 Å². The van der Waals surface area contributed by atoms with Gasteiger partial charge in [0.15, 0.2) is 5.96 Å². The quantitative estimate of drug-likeness (QED) is 0.348. The van der Waals surface area contributed by atoms with Crippen LogP contribution in [0.2, 0.25) is 0 Å². The van der Waals surface area contributed by atoms with E-state index in [1.54, 1.807) is 7.11 Å². The van der Waals surface area contributed by atoms with Crippen molar-refractivity contribution < 1.29 is 17.9 Å². The third-order valence-electron chi connectivity index (χ3n) is 4.77. The van der Waals surface area contributed by atoms with Crippen molar-refractivity contribution in [2.45, 2.75) is 32.7 Å². The Labute approximate surface area is 168 Å². The van der Waals surface area contributed by atoms with E-state index in [9.17, 15) is 8.42 Å². The Balaban J connectivity index is 1.87. The van der Waals surface area contributed by atoms with Crippen LogP contribution in [0.1, 0.15) is 31.7 Å². The van der Waals surface area contributed by atoms with E-state index in [4.69, 9.17) is 9.47 Å². The molecule has 0 amide bonds. The molecule has 1 heterocycles. The molecule has 1 aliphatic rings. The summed E-state index contributed by atoms with van der Waals surface area (Å²) in [6, 6.07) is 7.86. The van der Waals surface area contributed by atoms with Crippen LogP contribution in [0.5, 0.6) is 5.75 Å². The van der Waals surface area contributed by atoms with E-state index < -0.39 is 9.84 Å². The number of aliphatic imine (C=N–C) groups is 1. The summed E-state index contributed by atoms with van der Waals surface area (Å²) < 4.78 is 33.7. The maximum Gasteiger partial charge on any atom is 0.191 e. The molecule has 0 spiro atoms. The fourth-order valence-corrected chi connectivity index (χ4v) is 4.57. The summed E-state index contributed by atoms with van der Waals surface area (Å²) in [4.78, 5) is 4.67. The van der Waals surface area contributed by atoms with Gasteiger partial charge in [0, 0.05) is 26.3 Å². The molecule has 1 aromatic carbocycles. The van der Waals surface area contributed by atoms with E-state index in [0.29, 0.717) is 36.8 Å². The first-order valence-electron chi connectivity index (χ1n) is 9.95. The zero-order chi connectivity index (χ0) is 20.2. The molecule has 1 aromatic rings. The maximum absolute atomic E-state index is 11.6. The van der Waals surface area contributed by atoms with Crippen LogP contribution >= 0.6 is 0 Å². The average Bonchev–Trinajstić information content (AvgIpc) is 2.70. The van der Waals surface area contributed by atoms with Crippen LogP contribution in [0, 0.1) is 5.92 Å². The van der Waals surface area contributed by atoms with Crippen molar-refractivity contribution in [1.82, 2.24) is 10.6 Å². The number of hydrogen-bond donors (Lipinski definition) is 2. The van der Waals surface area contributed by atoms with E-state index in [1.165, 1.54) is 0 Å². The second-order valence-electron chi connectivity index (χ2n) is 6.97. The van der Waals surface area contributed by atoms with Gasteiger partial charge in [0.25, 0.3) is 0 Å². The van der Waals surface area contributed by atoms with Crippen molar-refractivity contribution in [2.75, 3.05) is 44.9 Å². The van der Waals surface area contributed by atoms with Gasteiger partial charge in [-0.3, -0.25) is 0 Å². The molecule has 1 fully saturated rings. The van der Waals surface area contributed by atoms with E-state index >= 15 is 0 Å². The zero-order valence-electron chi connectivity index (χ0n) is 16.9. The number of nitrogens with zero attached hydrogens (tertiary/aromatic N) is 1. The Morgan fingerprint density at radius 1 is 1.18 bits per heavy atom. The number of hydrogen-bond acceptors (Lipinski definition) is 5. The van der Waals surface area contributed by atoms with Crippen LogP contribution in [-0.4, -0.2) is 59.3 Å². The Morgan fingerprint density at radius 3 is 2.54 bits per heavy atom. The van der Waals surface area contributed by atoms with Crippen LogP contribution in [-0.2, 0) is 21.1 Å². The minimum absolute atomic E-state index is 0.291. The van der Waals surface area contributed by atoms with Crippen LogP contribution in [0.25, 0.3) is 0 Å². The summed E-state index contributed by atoms with van der Waals surface area (Å²) in [5.41, 5.74) is 1.10. The predicted molar refractivity (Wildman–Crippen MR) is 113 cm³/mol. The van der Waals surface area contributed by atoms with Gasteiger partial charge in [0.05, 0.1) is 25.2 Å². The maximum atomic E-state index is 11.6. The van der Waals surface area contributed by atoms with Crippen LogP contribution in [0.4, 0.5) is 0 Å². The third kappa shape index (κ3) is 8.48. The van der Waals surface area contributed by atoms with Gasteiger partial charge in [-0.1, -0.05) is 12.1 Å². The molecule has 28 heavy (non-hydrogen) atoms. The minimum Gasteiger partial charge on any atom is -0.497 e. The molecule has 7 nitrogen and oxygen atoms in total. The van der Waals surface area contributed by atoms with Gasteiger partial charge < -0.3 is 20.1 Å². The molecule has 0 unspecified atom stereocenters. The molecular formula is C20H33N3O4S. The molecule has 0 aliphatic carbocycles. The standard InChI is InChI=1S/C20H33N3O4S/c1-3-27-12-4-11-21-20(22-15-17-5-7-19(26-2)8-6-17)23-16-18-9-13-28(24,25)14-10-18/h5-8,18H,3-4,9-16H2,1-2H3,(H2,21,22,23). The molecule has 0 radical (unpaired) electrons. The fourth-order valence-electron chi connectivity index (χ4n) is 2.98. The highest BCUT2D eigenvalue weighted by atomic mass is 32.2. The summed E-state index contributed by atoms with van der Waals surface area (Å²) in [6.07, 6.45) is 2.33. The smallest absolute Gasteiger partial charge is 0.191 e. The molecule has 2 rings (SSSR count). The Hall–Kier alpha value is -1.80. The number of rotatable bonds is 10. The van der Waals surface area contributed by atoms with E-state index in [1.807, 2.05) is 31.2 Å². The summed E-state index contributed by atoms with van der Waals surface area (Å²) in [7, 11) is -1.18. The van der Waals surface area contributed by atoms with Crippen LogP contribution < -0.4 is 15.4 Å². The van der Waals surface area contributed by atoms with E-state index in [2.05, 4.69) is 15.6 Å². The highest BCUT2D eigenvalue weighted by Gasteiger charge is 2.23. The van der Waals surface area contributed by atoms with Gasteiger partial charge >= 0.3 is 0 Å². The first-order chi connectivity index (χ1) is 13.5. The monoisotopic (exact) mass is 411 g/mol. The van der Waals surface area contributed by atoms with Crippen LogP contribution in [0.3, 0.4) is 0 Å². The lowest BCUT2D eigenvalue weighted by molar-refractivity contribution is 0.145. The molecule has 2 N–H and O–H groups in total. The Kier molecular flexibility index (Phi) is 9.57. The molecule has 0 aromatic heterocycles. The first kappa shape index (κ1) is 22.5. The number of guanidine groups is 1. The molecule has 0 saturated carbocycles. The molecule has 0 atom stereocenters. The van der Waals surface area contributed by atoms with Gasteiger partial charge in [0.1, 0.15) is 15.6 Å². The largest absolute Gasteiger partial charge is 0.497 e. The van der Waals surface area contributed by atoms with Crippen molar-refractivity contribution in [1.29, 1.82) is 0 Å². The molecular weight excluding hydrogens is 378 g/mol. The number of benzene rings is 1. The molecule has 1 saturated heterocycles. The van der Waals surface area contributed by atoms with E-state index in [-0.39, 0.29) is 0 Å². The highest BCUT2D eigenvalue weighted by molar-refractivity contribution is 7.91. The van der Waals surface area contributed by atoms with Crippen molar-refractivity contribution in [3.63, 3.8) is 0 Å². The summed E-state index contributed by atoms with van der Waals surface area (Å²) in [5.74, 6) is 2.52. The summed E-state index contributed by atoms with van der Waals surface area (Å²) >= 11 is 0. The number of ether oxygens (including phenoxy) is 2. The second-order valence-corrected chi connectivity index (χ2v) is 9.27. The molecule has 8 heteroatoms. The van der Waals surface area contributed by atoms with Gasteiger partial charge in [-0.2, -0.15) is 0 Å². The third-order valence-corrected chi connectivity index (χ3v) is 6.49. The number of sulfone groups is 1. The summed E-state index contributed by atoms with van der Waals surface area (Å²) in [6.45, 7) is 5.49. The lowest BCUT2D eigenvalue weighted by Crippen LogP contribution is -2.42. The van der Waals surface area contributed by atoms with Gasteiger partial charge in [0.2, 0.25) is 0 Å². The number of methoxy groups -OCH3 is 1. The normalized spacial score (nSPS) is 17.3. The molecule has 0 bridgehead atoms. The topological polar surface area (TPSA) is 89.0 Å². The molecule has 1 aliphatic heterocycles. The lowest BCUT2D eigenvalue weighted by atomic mass is 10.0. The zero-order valence-corrected chi connectivity index (χ0v) is 17.8. The second kappa shape index (κ2) is 11.9. The Morgan fingerprint density at radius 2 is 1.89 bits per heavy atom. The minimum atomic E-state index is -2.83. The first-order valence-corrected chi connectivity index (χ1v) is 11.8. The molecule has 158 valence electrons. The van der Waals surface area contributed by atoms with Gasteiger partial charge in [-0.25, -0.2) is 13.4 Å². The lowest BCUT2D eigenvalue weighted by Gasteiger charge is -2.23. The summed E-state index contributed by atoms with van der Waals surface area (Å²) in [5, 5.41) is 6.72. The van der Waals surface area contributed by atoms with Gasteiger partial charge in [-0.15, -0.1) is 0 Å². The number of nitrogens with one attached hydrogen (secondary N) is 2. The average molecular weight is 412 g/mol. The van der Waals surface area contributed by atoms with Crippen molar-refractivity contribution in [3.05, 3.63) is 29.8 Å². The van der Waals surface area contributed by atoms with E-state index in [0.717, 1.165) is 50.0 Å². The van der Waals surface area contributed by atoms with Crippen molar-refractivity contribution >= 4 is 15.8 Å². The van der Waals surface area contributed by atoms with Gasteiger partial charge in [-0.05, 0) is 49.8 Å². The van der Waals surface area contributed by atoms with Crippen molar-refractivity contribution in [2.24, 2.45) is 10.9 Å². The predicted octanol–water partition coefficient (Wildman–Crippen LogP) is 1.98. The fraction of sp³-hybridized carbons (Fsp3) is 0.650. The Bertz CT molecular complexity index is 691. The SMILES string of the molecule is CCOCCCNC(=NCc1ccc(OC)cc1)NCC1CCS(=O)(=O)CC1.